The van der Waals surface area contributed by atoms with E-state index >= 15 is 0 Å². The van der Waals surface area contributed by atoms with Crippen molar-refractivity contribution in [3.63, 3.8) is 0 Å². The highest BCUT2D eigenvalue weighted by Crippen LogP contribution is 2.33. The average molecular weight is 435 g/mol. The van der Waals surface area contributed by atoms with Gasteiger partial charge in [0.1, 0.15) is 11.6 Å². The molecule has 5 nitrogen and oxygen atoms in total. The molecule has 27 heavy (non-hydrogen) atoms. The van der Waals surface area contributed by atoms with E-state index in [1.807, 2.05) is 0 Å². The van der Waals surface area contributed by atoms with Crippen LogP contribution in [0.1, 0.15) is 5.56 Å². The number of likely N-dealkylation sites (N-methyl/N-ethyl adjacent to an activating group) is 1. The van der Waals surface area contributed by atoms with Gasteiger partial charge in [0, 0.05) is 19.7 Å². The summed E-state index contributed by atoms with van der Waals surface area (Å²) >= 11 is 17.6. The molecule has 0 aromatic heterocycles. The maximum atomic E-state index is 13.2. The zero-order valence-electron chi connectivity index (χ0n) is 14.2. The molecular weight excluding hydrogens is 420 g/mol. The van der Waals surface area contributed by atoms with Gasteiger partial charge in [0.25, 0.3) is 5.91 Å². The number of halogens is 4. The summed E-state index contributed by atoms with van der Waals surface area (Å²) in [4.78, 5) is 25.1. The Balaban J connectivity index is 1.79. The van der Waals surface area contributed by atoms with Crippen molar-refractivity contribution in [2.45, 2.75) is 6.54 Å². The van der Waals surface area contributed by atoms with Crippen LogP contribution in [0.2, 0.25) is 15.1 Å². The summed E-state index contributed by atoms with van der Waals surface area (Å²) in [5, 5.41) is 0.658. The zero-order valence-corrected chi connectivity index (χ0v) is 16.4. The summed E-state index contributed by atoms with van der Waals surface area (Å²) in [6.07, 6.45) is 0. The van der Waals surface area contributed by atoms with Crippen molar-refractivity contribution in [2.75, 3.05) is 20.3 Å². The Kier molecular flexibility index (Phi) is 7.71. The van der Waals surface area contributed by atoms with Crippen LogP contribution < -0.4 is 4.74 Å². The fourth-order valence-electron chi connectivity index (χ4n) is 2.04. The number of rotatable bonds is 7. The van der Waals surface area contributed by atoms with Crippen molar-refractivity contribution >= 4 is 46.7 Å². The van der Waals surface area contributed by atoms with Crippen LogP contribution in [0.15, 0.2) is 36.4 Å². The first-order valence-corrected chi connectivity index (χ1v) is 8.81. The molecule has 0 unspecified atom stereocenters. The van der Waals surface area contributed by atoms with Crippen molar-refractivity contribution in [1.82, 2.24) is 4.90 Å². The van der Waals surface area contributed by atoms with Gasteiger partial charge in [-0.2, -0.15) is 0 Å². The Morgan fingerprint density at radius 2 is 1.74 bits per heavy atom. The van der Waals surface area contributed by atoms with E-state index in [1.165, 1.54) is 36.2 Å². The van der Waals surface area contributed by atoms with Gasteiger partial charge in [0.15, 0.2) is 13.2 Å². The van der Waals surface area contributed by atoms with Gasteiger partial charge in [-0.15, -0.1) is 0 Å². The molecule has 0 N–H and O–H groups in total. The molecule has 2 aromatic rings. The minimum Gasteiger partial charge on any atom is -0.480 e. The normalized spacial score (nSPS) is 10.4. The van der Waals surface area contributed by atoms with Crippen LogP contribution >= 0.6 is 34.8 Å². The molecule has 2 rings (SSSR count). The van der Waals surface area contributed by atoms with Gasteiger partial charge >= 0.3 is 5.97 Å². The van der Waals surface area contributed by atoms with Crippen molar-refractivity contribution < 1.29 is 23.5 Å². The molecule has 0 aliphatic rings. The molecule has 0 saturated carbocycles. The quantitative estimate of drug-likeness (QED) is 0.480. The lowest BCUT2D eigenvalue weighted by Gasteiger charge is -2.17. The zero-order chi connectivity index (χ0) is 20.0. The fourth-order valence-corrected chi connectivity index (χ4v) is 2.63. The Bertz CT molecular complexity index is 847. The maximum absolute atomic E-state index is 13.2. The van der Waals surface area contributed by atoms with Crippen LogP contribution in [0, 0.1) is 5.82 Å². The minimum absolute atomic E-state index is 0.164. The van der Waals surface area contributed by atoms with Gasteiger partial charge in [-0.1, -0.05) is 46.9 Å². The predicted octanol–water partition coefficient (Wildman–Crippen LogP) is 4.37. The van der Waals surface area contributed by atoms with Gasteiger partial charge in [0.2, 0.25) is 0 Å². The molecule has 0 spiro atoms. The second kappa shape index (κ2) is 9.78. The largest absolute Gasteiger partial charge is 0.480 e. The van der Waals surface area contributed by atoms with E-state index in [2.05, 4.69) is 0 Å². The second-order valence-corrected chi connectivity index (χ2v) is 6.75. The van der Waals surface area contributed by atoms with Crippen LogP contribution in [-0.4, -0.2) is 37.0 Å². The lowest BCUT2D eigenvalue weighted by molar-refractivity contribution is -0.153. The van der Waals surface area contributed by atoms with E-state index in [0.29, 0.717) is 5.56 Å². The third-order valence-electron chi connectivity index (χ3n) is 3.41. The van der Waals surface area contributed by atoms with Gasteiger partial charge in [-0.3, -0.25) is 4.79 Å². The molecule has 0 atom stereocenters. The lowest BCUT2D eigenvalue weighted by Crippen LogP contribution is -2.31. The Hall–Kier alpha value is -2.02. The molecule has 9 heteroatoms. The molecule has 0 aliphatic carbocycles. The van der Waals surface area contributed by atoms with Crippen molar-refractivity contribution in [3.05, 3.63) is 62.8 Å². The molecule has 0 saturated heterocycles. The summed E-state index contributed by atoms with van der Waals surface area (Å²) in [6.45, 7) is -0.745. The second-order valence-electron chi connectivity index (χ2n) is 5.53. The molecule has 0 fully saturated rings. The molecular formula is C18H15Cl3FNO4. The highest BCUT2D eigenvalue weighted by Gasteiger charge is 2.14. The molecule has 0 aliphatic heterocycles. The third-order valence-corrected chi connectivity index (χ3v) is 4.43. The van der Waals surface area contributed by atoms with Crippen molar-refractivity contribution in [2.24, 2.45) is 0 Å². The van der Waals surface area contributed by atoms with E-state index in [9.17, 15) is 14.0 Å². The first kappa shape index (κ1) is 21.3. The minimum atomic E-state index is -0.760. The van der Waals surface area contributed by atoms with E-state index in [0.717, 1.165) is 0 Å². The lowest BCUT2D eigenvalue weighted by atomic mass is 10.2. The summed E-state index contributed by atoms with van der Waals surface area (Å²) in [7, 11) is 1.52. The maximum Gasteiger partial charge on any atom is 0.344 e. The summed E-state index contributed by atoms with van der Waals surface area (Å²) < 4.78 is 23.3. The Labute approximate surface area is 170 Å². The summed E-state index contributed by atoms with van der Waals surface area (Å²) in [5.74, 6) is -1.43. The van der Waals surface area contributed by atoms with Crippen LogP contribution in [0.5, 0.6) is 5.75 Å². The van der Waals surface area contributed by atoms with Gasteiger partial charge < -0.3 is 14.4 Å². The average Bonchev–Trinajstić information content (AvgIpc) is 2.61. The van der Waals surface area contributed by atoms with Crippen molar-refractivity contribution in [3.8, 4) is 5.75 Å². The molecule has 2 aromatic carbocycles. The monoisotopic (exact) mass is 433 g/mol. The standard InChI is InChI=1S/C18H15Cl3FNO4/c1-23(8-11-3-2-4-12(22)5-11)17(24)9-27-18(25)10-26-16-7-14(20)13(19)6-15(16)21/h2-7H,8-10H2,1H3. The molecule has 0 heterocycles. The van der Waals surface area contributed by atoms with Crippen LogP contribution in [-0.2, 0) is 20.9 Å². The number of amides is 1. The predicted molar refractivity (Wildman–Crippen MR) is 101 cm³/mol. The number of ether oxygens (including phenoxy) is 2. The van der Waals surface area contributed by atoms with E-state index in [1.54, 1.807) is 12.1 Å². The highest BCUT2D eigenvalue weighted by molar-refractivity contribution is 6.43. The first-order chi connectivity index (χ1) is 12.8. The number of carbonyl (C=O) groups is 2. The summed E-state index contributed by atoms with van der Waals surface area (Å²) in [5.41, 5.74) is 0.620. The molecule has 0 bridgehead atoms. The number of nitrogens with zero attached hydrogens (tertiary/aromatic N) is 1. The number of hydrogen-bond acceptors (Lipinski definition) is 4. The molecule has 1 amide bonds. The Morgan fingerprint density at radius 1 is 1.04 bits per heavy atom. The van der Waals surface area contributed by atoms with Gasteiger partial charge in [-0.25, -0.2) is 9.18 Å². The van der Waals surface area contributed by atoms with E-state index in [-0.39, 0.29) is 27.4 Å². The smallest absolute Gasteiger partial charge is 0.344 e. The SMILES string of the molecule is CN(Cc1cccc(F)c1)C(=O)COC(=O)COc1cc(Cl)c(Cl)cc1Cl. The third kappa shape index (κ3) is 6.57. The van der Waals surface area contributed by atoms with E-state index in [4.69, 9.17) is 44.3 Å². The Morgan fingerprint density at radius 3 is 2.44 bits per heavy atom. The van der Waals surface area contributed by atoms with Crippen molar-refractivity contribution in [1.29, 1.82) is 0 Å². The number of benzene rings is 2. The highest BCUT2D eigenvalue weighted by atomic mass is 35.5. The first-order valence-electron chi connectivity index (χ1n) is 7.67. The fraction of sp³-hybridized carbons (Fsp3) is 0.222. The topological polar surface area (TPSA) is 55.8 Å². The van der Waals surface area contributed by atoms with E-state index < -0.39 is 30.9 Å². The molecule has 0 radical (unpaired) electrons. The van der Waals surface area contributed by atoms with Crippen LogP contribution in [0.3, 0.4) is 0 Å². The number of hydrogen-bond donors (Lipinski definition) is 0. The summed E-state index contributed by atoms with van der Waals surface area (Å²) in [6, 6.07) is 8.63. The van der Waals surface area contributed by atoms with Gasteiger partial charge in [-0.05, 0) is 23.8 Å². The van der Waals surface area contributed by atoms with Crippen LogP contribution in [0.25, 0.3) is 0 Å². The van der Waals surface area contributed by atoms with Gasteiger partial charge in [0.05, 0.1) is 15.1 Å². The molecule has 144 valence electrons. The number of carbonyl (C=O) groups excluding carboxylic acids is 2. The van der Waals surface area contributed by atoms with Crippen LogP contribution in [0.4, 0.5) is 4.39 Å². The number of esters is 1.